The Morgan fingerprint density at radius 1 is 1.00 bits per heavy atom. The predicted octanol–water partition coefficient (Wildman–Crippen LogP) is 5.40. The van der Waals surface area contributed by atoms with E-state index in [1.807, 2.05) is 50.2 Å². The molecule has 32 heavy (non-hydrogen) atoms. The number of ketones is 1. The number of nitrogens with zero attached hydrogens (tertiary/aromatic N) is 1. The molecule has 162 valence electrons. The highest BCUT2D eigenvalue weighted by molar-refractivity contribution is 6.51. The van der Waals surface area contributed by atoms with Crippen molar-refractivity contribution in [1.29, 1.82) is 0 Å². The van der Waals surface area contributed by atoms with Gasteiger partial charge in [-0.05, 0) is 80.5 Å². The van der Waals surface area contributed by atoms with E-state index in [2.05, 4.69) is 0 Å². The number of aliphatic hydroxyl groups excluding tert-OH is 1. The van der Waals surface area contributed by atoms with Crippen molar-refractivity contribution < 1.29 is 19.1 Å². The Hall–Kier alpha value is -3.60. The first-order valence-corrected chi connectivity index (χ1v) is 11.0. The maximum absolute atomic E-state index is 13.2. The van der Waals surface area contributed by atoms with Gasteiger partial charge in [-0.25, -0.2) is 0 Å². The van der Waals surface area contributed by atoms with Crippen LogP contribution in [0.3, 0.4) is 0 Å². The number of anilines is 1. The van der Waals surface area contributed by atoms with Crippen molar-refractivity contribution in [1.82, 2.24) is 0 Å². The Labute approximate surface area is 187 Å². The molecule has 2 aromatic carbocycles. The fraction of sp³-hybridized carbons (Fsp3) is 0.259. The van der Waals surface area contributed by atoms with Gasteiger partial charge in [0.25, 0.3) is 11.7 Å². The van der Waals surface area contributed by atoms with Crippen LogP contribution in [-0.4, -0.2) is 16.8 Å². The summed E-state index contributed by atoms with van der Waals surface area (Å²) in [4.78, 5) is 27.9. The van der Waals surface area contributed by atoms with Crippen LogP contribution >= 0.6 is 0 Å². The Morgan fingerprint density at radius 2 is 1.78 bits per heavy atom. The molecule has 0 saturated carbocycles. The molecule has 1 unspecified atom stereocenters. The minimum Gasteiger partial charge on any atom is -0.507 e. The molecule has 1 aliphatic heterocycles. The molecular formula is C27H25NO4. The van der Waals surface area contributed by atoms with Crippen LogP contribution in [0.1, 0.15) is 52.5 Å². The van der Waals surface area contributed by atoms with Gasteiger partial charge in [0.15, 0.2) is 0 Å². The molecule has 1 N–H and O–H groups in total. The summed E-state index contributed by atoms with van der Waals surface area (Å²) in [6.45, 7) is 3.88. The molecule has 1 saturated heterocycles. The van der Waals surface area contributed by atoms with E-state index in [4.69, 9.17) is 4.42 Å². The molecular weight excluding hydrogens is 402 g/mol. The monoisotopic (exact) mass is 427 g/mol. The van der Waals surface area contributed by atoms with Gasteiger partial charge in [0, 0.05) is 11.3 Å². The highest BCUT2D eigenvalue weighted by atomic mass is 16.3. The van der Waals surface area contributed by atoms with E-state index in [-0.39, 0.29) is 11.3 Å². The molecule has 1 atom stereocenters. The molecule has 1 fully saturated rings. The molecule has 0 radical (unpaired) electrons. The lowest BCUT2D eigenvalue weighted by molar-refractivity contribution is -0.132. The molecule has 1 amide bonds. The SMILES string of the molecule is Cc1ccc(N2C(=O)C(=O)/C(=C(\O)c3ccc4c(c3)CCCC4)C2c2ccco2)c(C)c1. The third kappa shape index (κ3) is 3.25. The molecule has 3 aromatic rings. The average molecular weight is 428 g/mol. The fourth-order valence-corrected chi connectivity index (χ4v) is 4.91. The van der Waals surface area contributed by atoms with Gasteiger partial charge in [0.1, 0.15) is 17.6 Å². The van der Waals surface area contributed by atoms with Crippen molar-refractivity contribution in [3.05, 3.63) is 93.9 Å². The Bertz CT molecular complexity index is 1250. The van der Waals surface area contributed by atoms with Crippen LogP contribution < -0.4 is 4.90 Å². The summed E-state index contributed by atoms with van der Waals surface area (Å²) in [5.74, 6) is -1.10. The smallest absolute Gasteiger partial charge is 0.300 e. The lowest BCUT2D eigenvalue weighted by Gasteiger charge is -2.25. The molecule has 5 heteroatoms. The molecule has 1 aliphatic carbocycles. The summed E-state index contributed by atoms with van der Waals surface area (Å²) in [7, 11) is 0. The first kappa shape index (κ1) is 20.3. The minimum absolute atomic E-state index is 0.0562. The van der Waals surface area contributed by atoms with E-state index < -0.39 is 17.7 Å². The van der Waals surface area contributed by atoms with Gasteiger partial charge in [-0.15, -0.1) is 0 Å². The van der Waals surface area contributed by atoms with Crippen LogP contribution in [0.2, 0.25) is 0 Å². The van der Waals surface area contributed by atoms with E-state index in [0.717, 1.165) is 36.8 Å². The number of fused-ring (bicyclic) bond motifs is 1. The summed E-state index contributed by atoms with van der Waals surface area (Å²) >= 11 is 0. The van der Waals surface area contributed by atoms with Crippen LogP contribution in [0, 0.1) is 13.8 Å². The summed E-state index contributed by atoms with van der Waals surface area (Å²) in [5.41, 5.74) is 5.65. The number of rotatable bonds is 3. The van der Waals surface area contributed by atoms with Gasteiger partial charge in [-0.1, -0.05) is 29.8 Å². The highest BCUT2D eigenvalue weighted by Crippen LogP contribution is 2.43. The molecule has 0 bridgehead atoms. The molecule has 1 aromatic heterocycles. The molecule has 2 aliphatic rings. The lowest BCUT2D eigenvalue weighted by Crippen LogP contribution is -2.30. The van der Waals surface area contributed by atoms with Crippen LogP contribution in [0.25, 0.3) is 5.76 Å². The van der Waals surface area contributed by atoms with E-state index in [1.165, 1.54) is 22.3 Å². The fourth-order valence-electron chi connectivity index (χ4n) is 4.91. The summed E-state index contributed by atoms with van der Waals surface area (Å²) in [5, 5.41) is 11.3. The molecule has 5 nitrogen and oxygen atoms in total. The van der Waals surface area contributed by atoms with Crippen molar-refractivity contribution in [3.8, 4) is 0 Å². The van der Waals surface area contributed by atoms with Crippen molar-refractivity contribution in [2.45, 2.75) is 45.6 Å². The number of hydrogen-bond donors (Lipinski definition) is 1. The summed E-state index contributed by atoms with van der Waals surface area (Å²) in [6.07, 6.45) is 5.77. The predicted molar refractivity (Wildman–Crippen MR) is 122 cm³/mol. The topological polar surface area (TPSA) is 70.8 Å². The average Bonchev–Trinajstić information content (AvgIpc) is 3.40. The van der Waals surface area contributed by atoms with Crippen molar-refractivity contribution in [2.24, 2.45) is 0 Å². The molecule has 2 heterocycles. The molecule has 5 rings (SSSR count). The van der Waals surface area contributed by atoms with Gasteiger partial charge >= 0.3 is 0 Å². The van der Waals surface area contributed by atoms with Crippen molar-refractivity contribution in [3.63, 3.8) is 0 Å². The number of hydrogen-bond acceptors (Lipinski definition) is 4. The second kappa shape index (κ2) is 7.83. The number of Topliss-reactive ketones (excluding diaryl/α,β-unsaturated/α-hetero) is 1. The number of aryl methyl sites for hydroxylation is 4. The maximum Gasteiger partial charge on any atom is 0.300 e. The number of furan rings is 1. The zero-order valence-corrected chi connectivity index (χ0v) is 18.2. The highest BCUT2D eigenvalue weighted by Gasteiger charge is 2.48. The van der Waals surface area contributed by atoms with Gasteiger partial charge < -0.3 is 9.52 Å². The van der Waals surface area contributed by atoms with Crippen LogP contribution in [-0.2, 0) is 22.4 Å². The second-order valence-electron chi connectivity index (χ2n) is 8.67. The first-order chi connectivity index (χ1) is 15.5. The number of carbonyl (C=O) groups is 2. The van der Waals surface area contributed by atoms with Gasteiger partial charge in [-0.2, -0.15) is 0 Å². The Morgan fingerprint density at radius 3 is 2.50 bits per heavy atom. The van der Waals surface area contributed by atoms with Gasteiger partial charge in [0.05, 0.1) is 11.8 Å². The van der Waals surface area contributed by atoms with Crippen LogP contribution in [0.15, 0.2) is 64.8 Å². The number of benzene rings is 2. The lowest BCUT2D eigenvalue weighted by atomic mass is 9.89. The Kier molecular flexibility index (Phi) is 4.97. The van der Waals surface area contributed by atoms with E-state index in [0.29, 0.717) is 17.0 Å². The van der Waals surface area contributed by atoms with E-state index in [9.17, 15) is 14.7 Å². The number of aliphatic hydroxyl groups is 1. The molecule has 0 spiro atoms. The Balaban J connectivity index is 1.68. The van der Waals surface area contributed by atoms with Crippen LogP contribution in [0.5, 0.6) is 0 Å². The zero-order valence-electron chi connectivity index (χ0n) is 18.2. The first-order valence-electron chi connectivity index (χ1n) is 11.0. The number of carbonyl (C=O) groups excluding carboxylic acids is 2. The maximum atomic E-state index is 13.2. The standard InChI is InChI=1S/C27H25NO4/c1-16-9-12-21(17(2)14-16)28-24(22-8-5-13-32-22)23(26(30)27(28)31)25(29)20-11-10-18-6-3-4-7-19(18)15-20/h5,8-15,24,29H,3-4,6-7H2,1-2H3/b25-23-. The zero-order chi connectivity index (χ0) is 22.4. The van der Waals surface area contributed by atoms with E-state index >= 15 is 0 Å². The largest absolute Gasteiger partial charge is 0.507 e. The van der Waals surface area contributed by atoms with Crippen molar-refractivity contribution in [2.75, 3.05) is 4.90 Å². The van der Waals surface area contributed by atoms with Crippen LogP contribution in [0.4, 0.5) is 5.69 Å². The van der Waals surface area contributed by atoms with Crippen molar-refractivity contribution >= 4 is 23.1 Å². The van der Waals surface area contributed by atoms with E-state index in [1.54, 1.807) is 12.1 Å². The third-order valence-corrected chi connectivity index (χ3v) is 6.49. The minimum atomic E-state index is -0.831. The normalized spacial score (nSPS) is 19.9. The summed E-state index contributed by atoms with van der Waals surface area (Å²) in [6, 6.07) is 14.1. The summed E-state index contributed by atoms with van der Waals surface area (Å²) < 4.78 is 5.64. The van der Waals surface area contributed by atoms with Gasteiger partial charge in [0.2, 0.25) is 0 Å². The quantitative estimate of drug-likeness (QED) is 0.345. The number of amides is 1. The third-order valence-electron chi connectivity index (χ3n) is 6.49. The van der Waals surface area contributed by atoms with Gasteiger partial charge in [-0.3, -0.25) is 14.5 Å². The second-order valence-corrected chi connectivity index (χ2v) is 8.67.